The van der Waals surface area contributed by atoms with E-state index in [1.54, 1.807) is 0 Å². The second kappa shape index (κ2) is 8.87. The first-order valence-corrected chi connectivity index (χ1v) is 1.86. The van der Waals surface area contributed by atoms with Gasteiger partial charge in [0.25, 0.3) is 0 Å². The number of thiol groups is 1. The minimum atomic E-state index is 0. The average Bonchev–Trinajstić information content (AvgIpc) is 1.37. The van der Waals surface area contributed by atoms with Gasteiger partial charge in [0.2, 0.25) is 0 Å². The first kappa shape index (κ1) is 9.33. The molecule has 5 heavy (non-hydrogen) atoms. The van der Waals surface area contributed by atoms with Gasteiger partial charge < -0.3 is 5.73 Å². The summed E-state index contributed by atoms with van der Waals surface area (Å²) in [5.41, 5.74) is 4.95. The van der Waals surface area contributed by atoms with Crippen LogP contribution in [0, 0.1) is 0 Å². The van der Waals surface area contributed by atoms with Gasteiger partial charge in [-0.05, 0) is 0 Å². The van der Waals surface area contributed by atoms with Crippen molar-refractivity contribution < 1.29 is 19.5 Å². The first-order chi connectivity index (χ1) is 1.91. The fourth-order valence-corrected chi connectivity index (χ4v) is 0. The number of rotatable bonds is 1. The van der Waals surface area contributed by atoms with Crippen molar-refractivity contribution in [3.63, 3.8) is 0 Å². The Hall–Kier alpha value is 0.933. The molecule has 0 rings (SSSR count). The summed E-state index contributed by atoms with van der Waals surface area (Å²) in [5, 5.41) is 0. The van der Waals surface area contributed by atoms with Gasteiger partial charge in [-0.3, -0.25) is 0 Å². The Balaban J connectivity index is 0. The Kier molecular flexibility index (Phi) is 16.6. The zero-order valence-corrected chi connectivity index (χ0v) is 7.01. The van der Waals surface area contributed by atoms with Crippen molar-refractivity contribution in [2.45, 2.75) is 0 Å². The van der Waals surface area contributed by atoms with Crippen LogP contribution in [-0.2, 0) is 19.5 Å². The van der Waals surface area contributed by atoms with Crippen LogP contribution < -0.4 is 5.73 Å². The summed E-state index contributed by atoms with van der Waals surface area (Å²) < 4.78 is 0. The molecule has 0 atom stereocenters. The molecule has 0 radical (unpaired) electrons. The Labute approximate surface area is 50.5 Å². The topological polar surface area (TPSA) is 26.0 Å². The second-order valence-electron chi connectivity index (χ2n) is 0.512. The SMILES string of the molecule is NCCS.[Zn]. The van der Waals surface area contributed by atoms with E-state index in [2.05, 4.69) is 12.6 Å². The van der Waals surface area contributed by atoms with Gasteiger partial charge in [0.05, 0.1) is 0 Å². The van der Waals surface area contributed by atoms with Crippen LogP contribution in [0.3, 0.4) is 0 Å². The maximum Gasteiger partial charge on any atom is 0.00255 e. The van der Waals surface area contributed by atoms with Gasteiger partial charge in [-0.15, -0.1) is 0 Å². The Morgan fingerprint density at radius 3 is 1.80 bits per heavy atom. The van der Waals surface area contributed by atoms with Gasteiger partial charge >= 0.3 is 0 Å². The minimum Gasteiger partial charge on any atom is -0.330 e. The van der Waals surface area contributed by atoms with Gasteiger partial charge in [0.15, 0.2) is 0 Å². The summed E-state index contributed by atoms with van der Waals surface area (Å²) in [6.45, 7) is 0.684. The van der Waals surface area contributed by atoms with Crippen LogP contribution >= 0.6 is 12.6 Å². The molecule has 0 aliphatic rings. The molecule has 0 aliphatic carbocycles. The molecule has 28 valence electrons. The molecule has 0 aliphatic heterocycles. The molecule has 0 fully saturated rings. The second-order valence-corrected chi connectivity index (χ2v) is 0.959. The molecular weight excluding hydrogens is 135 g/mol. The third kappa shape index (κ3) is 11.4. The van der Waals surface area contributed by atoms with Crippen LogP contribution in [0.25, 0.3) is 0 Å². The summed E-state index contributed by atoms with van der Waals surface area (Å²) in [6, 6.07) is 0. The van der Waals surface area contributed by atoms with E-state index in [1.807, 2.05) is 0 Å². The maximum absolute atomic E-state index is 4.95. The molecule has 1 nitrogen and oxygen atoms in total. The monoisotopic (exact) mass is 141 g/mol. The molecule has 0 aromatic heterocycles. The van der Waals surface area contributed by atoms with E-state index in [0.717, 1.165) is 5.75 Å². The molecule has 0 spiro atoms. The van der Waals surface area contributed by atoms with Crippen molar-refractivity contribution in [1.29, 1.82) is 0 Å². The van der Waals surface area contributed by atoms with E-state index in [0.29, 0.717) is 6.54 Å². The molecule has 3 heteroatoms. The van der Waals surface area contributed by atoms with Crippen LogP contribution in [0.1, 0.15) is 0 Å². The van der Waals surface area contributed by atoms with Gasteiger partial charge in [-0.1, -0.05) is 0 Å². The molecule has 0 heterocycles. The van der Waals surface area contributed by atoms with Crippen molar-refractivity contribution in [2.75, 3.05) is 12.3 Å². The van der Waals surface area contributed by atoms with Crippen molar-refractivity contribution >= 4 is 12.6 Å². The normalized spacial score (nSPS) is 6.00. The zero-order chi connectivity index (χ0) is 3.41. The summed E-state index contributed by atoms with van der Waals surface area (Å²) in [5.74, 6) is 0.792. The van der Waals surface area contributed by atoms with Gasteiger partial charge in [0, 0.05) is 31.8 Å². The van der Waals surface area contributed by atoms with Crippen molar-refractivity contribution in [3.05, 3.63) is 0 Å². The van der Waals surface area contributed by atoms with Crippen LogP contribution in [0.5, 0.6) is 0 Å². The first-order valence-electron chi connectivity index (χ1n) is 1.22. The third-order valence-corrected chi connectivity index (χ3v) is 0.387. The number of nitrogens with two attached hydrogens (primary N) is 1. The Bertz CT molecular complexity index is 11.6. The van der Waals surface area contributed by atoms with Crippen molar-refractivity contribution in [1.82, 2.24) is 0 Å². The number of hydrogen-bond donors (Lipinski definition) is 2. The molecule has 0 saturated carbocycles. The summed E-state index contributed by atoms with van der Waals surface area (Å²) in [6.07, 6.45) is 0. The molecule has 0 amide bonds. The van der Waals surface area contributed by atoms with E-state index in [9.17, 15) is 0 Å². The molecule has 0 unspecified atom stereocenters. The fraction of sp³-hybridized carbons (Fsp3) is 1.00. The van der Waals surface area contributed by atoms with Gasteiger partial charge in [0.1, 0.15) is 0 Å². The summed E-state index contributed by atoms with van der Waals surface area (Å²) in [7, 11) is 0. The maximum atomic E-state index is 4.95. The standard InChI is InChI=1S/C2H7NS.Zn/c3-1-2-4;/h4H,1-3H2;. The predicted octanol–water partition coefficient (Wildman–Crippen LogP) is -0.128. The smallest absolute Gasteiger partial charge is 0.00255 e. The van der Waals surface area contributed by atoms with Gasteiger partial charge in [-0.2, -0.15) is 12.6 Å². The molecule has 0 saturated heterocycles. The van der Waals surface area contributed by atoms with Crippen LogP contribution in [0.4, 0.5) is 0 Å². The summed E-state index contributed by atoms with van der Waals surface area (Å²) >= 11 is 3.80. The Morgan fingerprint density at radius 2 is 1.80 bits per heavy atom. The largest absolute Gasteiger partial charge is 0.330 e. The van der Waals surface area contributed by atoms with Gasteiger partial charge in [-0.25, -0.2) is 0 Å². The van der Waals surface area contributed by atoms with Crippen LogP contribution in [0.2, 0.25) is 0 Å². The molecule has 2 N–H and O–H groups in total. The van der Waals surface area contributed by atoms with E-state index in [4.69, 9.17) is 5.73 Å². The van der Waals surface area contributed by atoms with Crippen LogP contribution in [0.15, 0.2) is 0 Å². The van der Waals surface area contributed by atoms with Crippen LogP contribution in [-0.4, -0.2) is 12.3 Å². The average molecular weight is 143 g/mol. The molecule has 0 bridgehead atoms. The molecular formula is C2H7NSZn. The molecule has 0 aromatic carbocycles. The fourth-order valence-electron chi connectivity index (χ4n) is 0. The van der Waals surface area contributed by atoms with E-state index >= 15 is 0 Å². The van der Waals surface area contributed by atoms with Crippen molar-refractivity contribution in [2.24, 2.45) is 5.73 Å². The minimum absolute atomic E-state index is 0. The quantitative estimate of drug-likeness (QED) is 0.387. The summed E-state index contributed by atoms with van der Waals surface area (Å²) in [4.78, 5) is 0. The molecule has 0 aromatic rings. The Morgan fingerprint density at radius 1 is 1.60 bits per heavy atom. The van der Waals surface area contributed by atoms with E-state index in [-0.39, 0.29) is 19.5 Å². The van der Waals surface area contributed by atoms with E-state index in [1.165, 1.54) is 0 Å². The van der Waals surface area contributed by atoms with E-state index < -0.39 is 0 Å². The third-order valence-electron chi connectivity index (χ3n) is 0.129. The number of hydrogen-bond acceptors (Lipinski definition) is 2. The van der Waals surface area contributed by atoms with Crippen molar-refractivity contribution in [3.8, 4) is 0 Å². The zero-order valence-electron chi connectivity index (χ0n) is 3.15. The predicted molar refractivity (Wildman–Crippen MR) is 22.9 cm³/mol.